The molecule has 2 rings (SSSR count). The average molecular weight is 507 g/mol. The van der Waals surface area contributed by atoms with Crippen molar-refractivity contribution in [2.24, 2.45) is 5.92 Å². The van der Waals surface area contributed by atoms with Crippen molar-refractivity contribution in [3.05, 3.63) is 80.3 Å². The Bertz CT molecular complexity index is 790. The van der Waals surface area contributed by atoms with Gasteiger partial charge in [0.05, 0.1) is 0 Å². The number of amides is 1. The van der Waals surface area contributed by atoms with Gasteiger partial charge in [0.25, 0.3) is 0 Å². The third-order valence-electron chi connectivity index (χ3n) is 5.08. The van der Waals surface area contributed by atoms with Gasteiger partial charge in [-0.25, -0.2) is 0 Å². The fourth-order valence-corrected chi connectivity index (χ4v) is 4.29. The lowest BCUT2D eigenvalue weighted by atomic mass is 9.83. The van der Waals surface area contributed by atoms with Crippen molar-refractivity contribution in [1.82, 2.24) is 5.32 Å². The third kappa shape index (κ3) is 6.59. The predicted octanol–water partition coefficient (Wildman–Crippen LogP) is 7.33. The number of carbonyl (C=O) groups is 1. The molecule has 0 spiro atoms. The normalized spacial score (nSPS) is 17.7. The summed E-state index contributed by atoms with van der Waals surface area (Å²) < 4.78 is 2.28. The molecule has 0 heterocycles. The molecule has 0 radical (unpaired) electrons. The minimum atomic E-state index is 0.0480. The number of benzene rings is 1. The molecule has 0 bridgehead atoms. The van der Waals surface area contributed by atoms with Crippen LogP contribution in [0.3, 0.4) is 0 Å². The van der Waals surface area contributed by atoms with Crippen molar-refractivity contribution in [1.29, 1.82) is 0 Å². The molecule has 1 aromatic carbocycles. The standard InChI is InChI=1S/C24H29Br2NO/c1-4-9-20-14-21(24(28)27-16-18-10-7-6-8-11-18)19(15-23(20)26)13-12-17(3)22(25)5-2/h5-8,10-11,14,19H,2,4,9,12-13,15-16H2,1,3H3,(H,27,28)/b22-17-. The predicted molar refractivity (Wildman–Crippen MR) is 126 cm³/mol. The first-order valence-corrected chi connectivity index (χ1v) is 11.4. The van der Waals surface area contributed by atoms with Gasteiger partial charge >= 0.3 is 0 Å². The molecular weight excluding hydrogens is 478 g/mol. The third-order valence-corrected chi connectivity index (χ3v) is 6.91. The minimum Gasteiger partial charge on any atom is -0.348 e. The van der Waals surface area contributed by atoms with Crippen LogP contribution in [0, 0.1) is 5.92 Å². The van der Waals surface area contributed by atoms with E-state index in [1.165, 1.54) is 15.6 Å². The van der Waals surface area contributed by atoms with Crippen LogP contribution in [-0.4, -0.2) is 5.91 Å². The summed E-state index contributed by atoms with van der Waals surface area (Å²) >= 11 is 7.32. The van der Waals surface area contributed by atoms with E-state index in [1.807, 2.05) is 36.4 Å². The Morgan fingerprint density at radius 3 is 2.68 bits per heavy atom. The van der Waals surface area contributed by atoms with E-state index in [0.29, 0.717) is 6.54 Å². The Morgan fingerprint density at radius 2 is 2.04 bits per heavy atom. The fourth-order valence-electron chi connectivity index (χ4n) is 3.39. The lowest BCUT2D eigenvalue weighted by Gasteiger charge is -2.26. The van der Waals surface area contributed by atoms with Crippen molar-refractivity contribution in [3.8, 4) is 0 Å². The van der Waals surface area contributed by atoms with Crippen LogP contribution in [0.5, 0.6) is 0 Å². The fraction of sp³-hybridized carbons (Fsp3) is 0.375. The molecule has 1 N–H and O–H groups in total. The van der Waals surface area contributed by atoms with Crippen LogP contribution in [0.4, 0.5) is 0 Å². The van der Waals surface area contributed by atoms with E-state index in [4.69, 9.17) is 0 Å². The number of hydrogen-bond acceptors (Lipinski definition) is 1. The molecule has 28 heavy (non-hydrogen) atoms. The van der Waals surface area contributed by atoms with Crippen LogP contribution < -0.4 is 5.32 Å². The number of rotatable bonds is 9. The van der Waals surface area contributed by atoms with E-state index in [9.17, 15) is 4.79 Å². The Morgan fingerprint density at radius 1 is 1.32 bits per heavy atom. The maximum atomic E-state index is 13.0. The highest BCUT2D eigenvalue weighted by Gasteiger charge is 2.26. The van der Waals surface area contributed by atoms with Crippen LogP contribution >= 0.6 is 31.9 Å². The molecule has 0 saturated carbocycles. The van der Waals surface area contributed by atoms with Gasteiger partial charge in [-0.2, -0.15) is 0 Å². The molecule has 0 fully saturated rings. The Kier molecular flexibility index (Phi) is 9.46. The molecule has 1 aliphatic rings. The summed E-state index contributed by atoms with van der Waals surface area (Å²) in [4.78, 5) is 13.0. The van der Waals surface area contributed by atoms with Gasteiger partial charge in [0.1, 0.15) is 0 Å². The number of hydrogen-bond donors (Lipinski definition) is 1. The van der Waals surface area contributed by atoms with Gasteiger partial charge < -0.3 is 5.32 Å². The lowest BCUT2D eigenvalue weighted by Crippen LogP contribution is -2.29. The number of allylic oxidation sites excluding steroid dienone is 6. The minimum absolute atomic E-state index is 0.0480. The summed E-state index contributed by atoms with van der Waals surface area (Å²) in [5.41, 5.74) is 4.54. The Hall–Kier alpha value is -1.39. The van der Waals surface area contributed by atoms with Gasteiger partial charge in [-0.1, -0.05) is 93.8 Å². The zero-order valence-electron chi connectivity index (χ0n) is 16.7. The van der Waals surface area contributed by atoms with Crippen molar-refractivity contribution in [2.45, 2.75) is 52.5 Å². The zero-order chi connectivity index (χ0) is 20.5. The molecule has 1 aromatic rings. The van der Waals surface area contributed by atoms with E-state index in [1.54, 1.807) is 0 Å². The van der Waals surface area contributed by atoms with Crippen LogP contribution in [0.1, 0.15) is 51.5 Å². The topological polar surface area (TPSA) is 29.1 Å². The molecule has 1 aliphatic carbocycles. The van der Waals surface area contributed by atoms with Crippen molar-refractivity contribution >= 4 is 37.8 Å². The van der Waals surface area contributed by atoms with Crippen LogP contribution in [-0.2, 0) is 11.3 Å². The first-order valence-electron chi connectivity index (χ1n) is 9.85. The molecular formula is C24H29Br2NO. The highest BCUT2D eigenvalue weighted by atomic mass is 79.9. The quantitative estimate of drug-likeness (QED) is 0.349. The molecule has 2 nitrogen and oxygen atoms in total. The second-order valence-corrected chi connectivity index (χ2v) is 9.03. The van der Waals surface area contributed by atoms with Crippen molar-refractivity contribution in [3.63, 3.8) is 0 Å². The molecule has 0 aromatic heterocycles. The second-order valence-electron chi connectivity index (χ2n) is 7.22. The zero-order valence-corrected chi connectivity index (χ0v) is 19.9. The van der Waals surface area contributed by atoms with Gasteiger partial charge in [0.15, 0.2) is 0 Å². The first kappa shape index (κ1) is 22.9. The summed E-state index contributed by atoms with van der Waals surface area (Å²) in [6.07, 6.45) is 8.76. The highest BCUT2D eigenvalue weighted by molar-refractivity contribution is 9.12. The van der Waals surface area contributed by atoms with Gasteiger partial charge in [-0.05, 0) is 60.2 Å². The monoisotopic (exact) mass is 505 g/mol. The Labute approximate surface area is 186 Å². The van der Waals surface area contributed by atoms with E-state index in [-0.39, 0.29) is 11.8 Å². The number of carbonyl (C=O) groups excluding carboxylic acids is 1. The lowest BCUT2D eigenvalue weighted by molar-refractivity contribution is -0.118. The molecule has 1 atom stereocenters. The van der Waals surface area contributed by atoms with Gasteiger partial charge in [-0.15, -0.1) is 0 Å². The highest BCUT2D eigenvalue weighted by Crippen LogP contribution is 2.38. The summed E-state index contributed by atoms with van der Waals surface area (Å²) in [6, 6.07) is 10.0. The molecule has 1 amide bonds. The summed E-state index contributed by atoms with van der Waals surface area (Å²) in [5, 5.41) is 3.12. The molecule has 0 saturated heterocycles. The smallest absolute Gasteiger partial charge is 0.247 e. The Balaban J connectivity index is 2.15. The summed E-state index contributed by atoms with van der Waals surface area (Å²) in [6.45, 7) is 8.66. The molecule has 1 unspecified atom stereocenters. The van der Waals surface area contributed by atoms with Gasteiger partial charge in [0.2, 0.25) is 5.91 Å². The molecule has 150 valence electrons. The van der Waals surface area contributed by atoms with Crippen LogP contribution in [0.15, 0.2) is 74.7 Å². The van der Waals surface area contributed by atoms with E-state index in [2.05, 4.69) is 63.7 Å². The van der Waals surface area contributed by atoms with Crippen LogP contribution in [0.25, 0.3) is 0 Å². The van der Waals surface area contributed by atoms with E-state index in [0.717, 1.165) is 47.7 Å². The van der Waals surface area contributed by atoms with E-state index < -0.39 is 0 Å². The van der Waals surface area contributed by atoms with Gasteiger partial charge in [0, 0.05) is 16.6 Å². The molecule has 0 aliphatic heterocycles. The summed E-state index contributed by atoms with van der Waals surface area (Å²) in [7, 11) is 0. The largest absolute Gasteiger partial charge is 0.348 e. The maximum Gasteiger partial charge on any atom is 0.247 e. The maximum absolute atomic E-state index is 13.0. The van der Waals surface area contributed by atoms with Crippen molar-refractivity contribution < 1.29 is 4.79 Å². The SMILES string of the molecule is C=C/C(Br)=C(\C)CCC1CC(Br)=C(CCC)C=C1C(=O)NCc1ccccc1. The number of nitrogens with one attached hydrogen (secondary N) is 1. The summed E-state index contributed by atoms with van der Waals surface area (Å²) in [5.74, 6) is 0.262. The van der Waals surface area contributed by atoms with Gasteiger partial charge in [-0.3, -0.25) is 4.79 Å². The van der Waals surface area contributed by atoms with E-state index >= 15 is 0 Å². The van der Waals surface area contributed by atoms with Crippen molar-refractivity contribution in [2.75, 3.05) is 0 Å². The van der Waals surface area contributed by atoms with Crippen LogP contribution in [0.2, 0.25) is 0 Å². The first-order chi connectivity index (χ1) is 13.5. The second kappa shape index (κ2) is 11.6. The number of halogens is 2. The average Bonchev–Trinajstić information content (AvgIpc) is 2.72. The molecule has 4 heteroatoms.